The van der Waals surface area contributed by atoms with E-state index in [4.69, 9.17) is 0 Å². The molecule has 0 unspecified atom stereocenters. The van der Waals surface area contributed by atoms with E-state index >= 15 is 0 Å². The van der Waals surface area contributed by atoms with E-state index in [9.17, 15) is 4.79 Å². The number of nitrogens with zero attached hydrogens (tertiary/aromatic N) is 2. The number of rotatable bonds is 2. The molecule has 2 heterocycles. The van der Waals surface area contributed by atoms with Gasteiger partial charge in [0.1, 0.15) is 0 Å². The number of piperidine rings is 1. The molecule has 2 aliphatic heterocycles. The van der Waals surface area contributed by atoms with Crippen molar-refractivity contribution in [3.63, 3.8) is 0 Å². The number of benzene rings is 1. The van der Waals surface area contributed by atoms with E-state index in [0.717, 1.165) is 58.5 Å². The van der Waals surface area contributed by atoms with Crippen LogP contribution >= 0.6 is 0 Å². The van der Waals surface area contributed by atoms with Crippen LogP contribution in [0.3, 0.4) is 0 Å². The van der Waals surface area contributed by atoms with Crippen molar-refractivity contribution in [3.05, 3.63) is 30.3 Å². The number of hydrogen-bond donors (Lipinski definition) is 1. The van der Waals surface area contributed by atoms with Crippen molar-refractivity contribution in [2.45, 2.75) is 19.3 Å². The van der Waals surface area contributed by atoms with E-state index in [2.05, 4.69) is 39.4 Å². The molecule has 0 spiro atoms. The summed E-state index contributed by atoms with van der Waals surface area (Å²) in [6.45, 7) is 5.73. The van der Waals surface area contributed by atoms with Gasteiger partial charge in [0, 0.05) is 37.8 Å². The molecule has 0 saturated carbocycles. The average Bonchev–Trinajstić information content (AvgIpc) is 2.82. The minimum Gasteiger partial charge on any atom is -0.370 e. The van der Waals surface area contributed by atoms with Gasteiger partial charge >= 0.3 is 0 Å². The van der Waals surface area contributed by atoms with Crippen molar-refractivity contribution >= 4 is 11.6 Å². The van der Waals surface area contributed by atoms with Gasteiger partial charge in [0.15, 0.2) is 0 Å². The molecule has 1 aromatic carbocycles. The molecule has 1 amide bonds. The van der Waals surface area contributed by atoms with Gasteiger partial charge in [-0.15, -0.1) is 0 Å². The molecule has 0 aromatic heterocycles. The van der Waals surface area contributed by atoms with E-state index in [1.165, 1.54) is 5.69 Å². The summed E-state index contributed by atoms with van der Waals surface area (Å²) in [4.78, 5) is 17.1. The van der Waals surface area contributed by atoms with E-state index in [1.807, 2.05) is 6.07 Å². The molecule has 0 bridgehead atoms. The van der Waals surface area contributed by atoms with Gasteiger partial charge in [0.2, 0.25) is 5.91 Å². The summed E-state index contributed by atoms with van der Waals surface area (Å²) in [7, 11) is 0. The van der Waals surface area contributed by atoms with Crippen LogP contribution in [0, 0.1) is 5.92 Å². The third kappa shape index (κ3) is 3.56. The molecule has 0 aliphatic carbocycles. The third-order valence-corrected chi connectivity index (χ3v) is 4.62. The van der Waals surface area contributed by atoms with Crippen LogP contribution in [0.2, 0.25) is 0 Å². The first-order valence-corrected chi connectivity index (χ1v) is 8.14. The Bertz CT molecular complexity index is 456. The number of para-hydroxylation sites is 1. The van der Waals surface area contributed by atoms with Crippen LogP contribution < -0.4 is 10.2 Å². The van der Waals surface area contributed by atoms with Crippen molar-refractivity contribution in [1.29, 1.82) is 0 Å². The maximum absolute atomic E-state index is 12.6. The van der Waals surface area contributed by atoms with Crippen LogP contribution in [0.1, 0.15) is 19.3 Å². The third-order valence-electron chi connectivity index (χ3n) is 4.62. The minimum absolute atomic E-state index is 0.245. The molecule has 0 atom stereocenters. The Balaban J connectivity index is 1.59. The standard InChI is InChI=1S/C17H25N3O/c21-17(15-7-9-18-10-8-15)20-12-4-11-19(13-14-20)16-5-2-1-3-6-16/h1-3,5-6,15,18H,4,7-14H2. The van der Waals surface area contributed by atoms with E-state index in [-0.39, 0.29) is 5.92 Å². The molecular formula is C17H25N3O. The van der Waals surface area contributed by atoms with Gasteiger partial charge in [-0.3, -0.25) is 4.79 Å². The maximum Gasteiger partial charge on any atom is 0.225 e. The molecule has 114 valence electrons. The molecule has 4 heteroatoms. The molecular weight excluding hydrogens is 262 g/mol. The topological polar surface area (TPSA) is 35.6 Å². The predicted molar refractivity (Wildman–Crippen MR) is 85.4 cm³/mol. The fourth-order valence-electron chi connectivity index (χ4n) is 3.36. The van der Waals surface area contributed by atoms with Crippen molar-refractivity contribution < 1.29 is 4.79 Å². The lowest BCUT2D eigenvalue weighted by Crippen LogP contribution is -2.42. The number of nitrogens with one attached hydrogen (secondary N) is 1. The van der Waals surface area contributed by atoms with E-state index < -0.39 is 0 Å². The van der Waals surface area contributed by atoms with Crippen LogP contribution in [0.5, 0.6) is 0 Å². The van der Waals surface area contributed by atoms with Crippen molar-refractivity contribution in [1.82, 2.24) is 10.2 Å². The van der Waals surface area contributed by atoms with Gasteiger partial charge in [-0.1, -0.05) is 18.2 Å². The van der Waals surface area contributed by atoms with Crippen LogP contribution in [0.4, 0.5) is 5.69 Å². The van der Waals surface area contributed by atoms with E-state index in [1.54, 1.807) is 0 Å². The van der Waals surface area contributed by atoms with E-state index in [0.29, 0.717) is 5.91 Å². The summed E-state index contributed by atoms with van der Waals surface area (Å²) >= 11 is 0. The lowest BCUT2D eigenvalue weighted by Gasteiger charge is -2.29. The van der Waals surface area contributed by atoms with Crippen LogP contribution in [0.25, 0.3) is 0 Å². The second-order valence-electron chi connectivity index (χ2n) is 6.03. The number of amides is 1. The summed E-state index contributed by atoms with van der Waals surface area (Å²) in [6, 6.07) is 10.5. The van der Waals surface area contributed by atoms with Gasteiger partial charge in [-0.25, -0.2) is 0 Å². The molecule has 21 heavy (non-hydrogen) atoms. The highest BCUT2D eigenvalue weighted by molar-refractivity contribution is 5.79. The second-order valence-corrected chi connectivity index (χ2v) is 6.03. The highest BCUT2D eigenvalue weighted by Crippen LogP contribution is 2.19. The molecule has 3 rings (SSSR count). The number of carbonyl (C=O) groups excluding carboxylic acids is 1. The highest BCUT2D eigenvalue weighted by atomic mass is 16.2. The SMILES string of the molecule is O=C(C1CCNCC1)N1CCCN(c2ccccc2)CC1. The summed E-state index contributed by atoms with van der Waals surface area (Å²) in [5.41, 5.74) is 1.27. The summed E-state index contributed by atoms with van der Waals surface area (Å²) in [5.74, 6) is 0.626. The van der Waals surface area contributed by atoms with Gasteiger partial charge in [0.05, 0.1) is 0 Å². The monoisotopic (exact) mass is 287 g/mol. The summed E-state index contributed by atoms with van der Waals surface area (Å²) < 4.78 is 0. The Labute approximate surface area is 127 Å². The van der Waals surface area contributed by atoms with Gasteiger partial charge in [-0.2, -0.15) is 0 Å². The van der Waals surface area contributed by atoms with Crippen LogP contribution in [-0.2, 0) is 4.79 Å². The fraction of sp³-hybridized carbons (Fsp3) is 0.588. The first-order valence-electron chi connectivity index (χ1n) is 8.14. The summed E-state index contributed by atoms with van der Waals surface area (Å²) in [5, 5.41) is 3.33. The first-order chi connectivity index (χ1) is 10.3. The van der Waals surface area contributed by atoms with Crippen molar-refractivity contribution in [3.8, 4) is 0 Å². The molecule has 2 fully saturated rings. The molecule has 2 aliphatic rings. The quantitative estimate of drug-likeness (QED) is 0.900. The Morgan fingerprint density at radius 1 is 1.00 bits per heavy atom. The highest BCUT2D eigenvalue weighted by Gasteiger charge is 2.27. The van der Waals surface area contributed by atoms with Crippen LogP contribution in [0.15, 0.2) is 30.3 Å². The smallest absolute Gasteiger partial charge is 0.225 e. The Morgan fingerprint density at radius 2 is 1.76 bits per heavy atom. The van der Waals surface area contributed by atoms with Gasteiger partial charge in [0.25, 0.3) is 0 Å². The molecule has 0 radical (unpaired) electrons. The Morgan fingerprint density at radius 3 is 2.52 bits per heavy atom. The Kier molecular flexibility index (Phi) is 4.76. The second kappa shape index (κ2) is 6.94. The van der Waals surface area contributed by atoms with Crippen LogP contribution in [-0.4, -0.2) is 50.1 Å². The van der Waals surface area contributed by atoms with Crippen molar-refractivity contribution in [2.75, 3.05) is 44.2 Å². The molecule has 2 saturated heterocycles. The van der Waals surface area contributed by atoms with Gasteiger partial charge < -0.3 is 15.1 Å². The van der Waals surface area contributed by atoms with Gasteiger partial charge in [-0.05, 0) is 44.5 Å². The molecule has 1 N–H and O–H groups in total. The number of carbonyl (C=O) groups is 1. The predicted octanol–water partition coefficient (Wildman–Crippen LogP) is 1.72. The zero-order valence-corrected chi connectivity index (χ0v) is 12.6. The zero-order valence-electron chi connectivity index (χ0n) is 12.6. The zero-order chi connectivity index (χ0) is 14.5. The molecule has 1 aromatic rings. The largest absolute Gasteiger partial charge is 0.370 e. The molecule has 4 nitrogen and oxygen atoms in total. The number of hydrogen-bond acceptors (Lipinski definition) is 3. The Hall–Kier alpha value is -1.55. The fourth-order valence-corrected chi connectivity index (χ4v) is 3.36. The van der Waals surface area contributed by atoms with Crippen molar-refractivity contribution in [2.24, 2.45) is 5.92 Å². The minimum atomic E-state index is 0.245. The normalized spacial score (nSPS) is 21.1. The number of anilines is 1. The summed E-state index contributed by atoms with van der Waals surface area (Å²) in [6.07, 6.45) is 3.06. The average molecular weight is 287 g/mol. The lowest BCUT2D eigenvalue weighted by atomic mass is 9.96. The lowest BCUT2D eigenvalue weighted by molar-refractivity contribution is -0.136. The first kappa shape index (κ1) is 14.4. The maximum atomic E-state index is 12.6.